The molecular formula is C25H33N3. The molecule has 2 aromatic carbocycles. The molecule has 1 unspecified atom stereocenters. The fourth-order valence-electron chi connectivity index (χ4n) is 3.49. The summed E-state index contributed by atoms with van der Waals surface area (Å²) >= 11 is 0. The SMILES string of the molecule is CCCN=C1NC(C)(c2ccc(C(C)C)cc2)N=C1c1ccc(C(C)C)cc1. The summed E-state index contributed by atoms with van der Waals surface area (Å²) in [6.07, 6.45) is 1.02. The van der Waals surface area contributed by atoms with Crippen LogP contribution in [0.1, 0.15) is 82.1 Å². The van der Waals surface area contributed by atoms with Crippen LogP contribution in [0.4, 0.5) is 0 Å². The van der Waals surface area contributed by atoms with Gasteiger partial charge in [0.1, 0.15) is 11.5 Å². The van der Waals surface area contributed by atoms with Crippen molar-refractivity contribution in [2.24, 2.45) is 9.98 Å². The number of nitrogens with one attached hydrogen (secondary N) is 1. The van der Waals surface area contributed by atoms with Crippen LogP contribution in [0.15, 0.2) is 58.5 Å². The van der Waals surface area contributed by atoms with Crippen molar-refractivity contribution >= 4 is 11.5 Å². The van der Waals surface area contributed by atoms with Crippen molar-refractivity contribution in [3.8, 4) is 0 Å². The zero-order valence-corrected chi connectivity index (χ0v) is 18.1. The maximum absolute atomic E-state index is 5.12. The highest BCUT2D eigenvalue weighted by Gasteiger charge is 2.35. The molecule has 0 spiro atoms. The van der Waals surface area contributed by atoms with Crippen molar-refractivity contribution in [1.29, 1.82) is 0 Å². The van der Waals surface area contributed by atoms with Gasteiger partial charge in [-0.2, -0.15) is 0 Å². The second-order valence-corrected chi connectivity index (χ2v) is 8.44. The van der Waals surface area contributed by atoms with Crippen LogP contribution in [0.25, 0.3) is 0 Å². The minimum Gasteiger partial charge on any atom is -0.341 e. The Kier molecular flexibility index (Phi) is 6.02. The lowest BCUT2D eigenvalue weighted by Crippen LogP contribution is -2.37. The Hall–Kier alpha value is -2.42. The summed E-state index contributed by atoms with van der Waals surface area (Å²) in [7, 11) is 0. The summed E-state index contributed by atoms with van der Waals surface area (Å²) in [6.45, 7) is 14.0. The fraction of sp³-hybridized carbons (Fsp3) is 0.440. The van der Waals surface area contributed by atoms with Gasteiger partial charge >= 0.3 is 0 Å². The molecular weight excluding hydrogens is 342 g/mol. The molecule has 28 heavy (non-hydrogen) atoms. The third-order valence-electron chi connectivity index (χ3n) is 5.41. The normalized spacial score (nSPS) is 20.7. The topological polar surface area (TPSA) is 36.8 Å². The lowest BCUT2D eigenvalue weighted by atomic mass is 9.97. The first kappa shape index (κ1) is 20.3. The van der Waals surface area contributed by atoms with Gasteiger partial charge in [-0.05, 0) is 41.9 Å². The summed E-state index contributed by atoms with van der Waals surface area (Å²) in [4.78, 5) is 9.92. The Balaban J connectivity index is 1.99. The summed E-state index contributed by atoms with van der Waals surface area (Å²) in [5.74, 6) is 1.95. The van der Waals surface area contributed by atoms with Crippen LogP contribution >= 0.6 is 0 Å². The largest absolute Gasteiger partial charge is 0.341 e. The molecule has 0 amide bonds. The average Bonchev–Trinajstić information content (AvgIpc) is 3.04. The van der Waals surface area contributed by atoms with Gasteiger partial charge in [-0.15, -0.1) is 0 Å². The molecule has 1 atom stereocenters. The van der Waals surface area contributed by atoms with E-state index in [1.165, 1.54) is 11.1 Å². The van der Waals surface area contributed by atoms with E-state index in [2.05, 4.69) is 95.4 Å². The van der Waals surface area contributed by atoms with Crippen molar-refractivity contribution in [1.82, 2.24) is 5.32 Å². The first-order valence-electron chi connectivity index (χ1n) is 10.5. The van der Waals surface area contributed by atoms with Gasteiger partial charge < -0.3 is 5.32 Å². The molecule has 0 bridgehead atoms. The predicted octanol–water partition coefficient (Wildman–Crippen LogP) is 6.01. The van der Waals surface area contributed by atoms with E-state index in [0.717, 1.165) is 35.6 Å². The Morgan fingerprint density at radius 1 is 0.893 bits per heavy atom. The van der Waals surface area contributed by atoms with Gasteiger partial charge in [0.05, 0.1) is 0 Å². The average molecular weight is 376 g/mol. The molecule has 0 saturated carbocycles. The molecule has 148 valence electrons. The van der Waals surface area contributed by atoms with E-state index in [1.54, 1.807) is 0 Å². The summed E-state index contributed by atoms with van der Waals surface area (Å²) in [5.41, 5.74) is 5.44. The molecule has 0 aromatic heterocycles. The first-order valence-corrected chi connectivity index (χ1v) is 10.5. The Morgan fingerprint density at radius 3 is 1.93 bits per heavy atom. The zero-order chi connectivity index (χ0) is 20.3. The van der Waals surface area contributed by atoms with Crippen LogP contribution in [0.3, 0.4) is 0 Å². The van der Waals surface area contributed by atoms with Crippen LogP contribution < -0.4 is 5.32 Å². The van der Waals surface area contributed by atoms with E-state index < -0.39 is 5.66 Å². The summed E-state index contributed by atoms with van der Waals surface area (Å²) in [5, 5.41) is 3.60. The van der Waals surface area contributed by atoms with E-state index >= 15 is 0 Å². The Bertz CT molecular complexity index is 858. The molecule has 0 saturated heterocycles. The molecule has 1 aliphatic rings. The number of rotatable bonds is 6. The number of hydrogen-bond donors (Lipinski definition) is 1. The van der Waals surface area contributed by atoms with Crippen LogP contribution in [0.5, 0.6) is 0 Å². The maximum atomic E-state index is 5.12. The Labute approximate surface area is 170 Å². The number of aliphatic imine (C=N–C) groups is 2. The van der Waals surface area contributed by atoms with E-state index in [9.17, 15) is 0 Å². The highest BCUT2D eigenvalue weighted by molar-refractivity contribution is 6.49. The van der Waals surface area contributed by atoms with E-state index in [1.807, 2.05) is 0 Å². The van der Waals surface area contributed by atoms with E-state index in [0.29, 0.717) is 11.8 Å². The monoisotopic (exact) mass is 375 g/mol. The number of benzene rings is 2. The van der Waals surface area contributed by atoms with Gasteiger partial charge in [0.15, 0.2) is 5.66 Å². The third-order valence-corrected chi connectivity index (χ3v) is 5.41. The fourth-order valence-corrected chi connectivity index (χ4v) is 3.49. The molecule has 1 aliphatic heterocycles. The van der Waals surface area contributed by atoms with Crippen LogP contribution in [-0.4, -0.2) is 18.1 Å². The predicted molar refractivity (Wildman–Crippen MR) is 121 cm³/mol. The maximum Gasteiger partial charge on any atom is 0.154 e. The van der Waals surface area contributed by atoms with Crippen LogP contribution in [0.2, 0.25) is 0 Å². The molecule has 0 radical (unpaired) electrons. The number of amidine groups is 1. The van der Waals surface area contributed by atoms with Crippen LogP contribution in [0, 0.1) is 0 Å². The molecule has 3 rings (SSSR count). The minimum absolute atomic E-state index is 0.492. The standard InChI is InChI=1S/C25H33N3/c1-7-16-26-24-23(21-10-8-19(9-11-21)17(2)3)27-25(6,28-24)22-14-12-20(13-15-22)18(4)5/h8-15,17-18H,7,16H2,1-6H3,(H,26,28). The second kappa shape index (κ2) is 8.30. The van der Waals surface area contributed by atoms with Gasteiger partial charge in [-0.1, -0.05) is 83.1 Å². The molecule has 1 heterocycles. The first-order chi connectivity index (χ1) is 13.3. The van der Waals surface area contributed by atoms with Crippen molar-refractivity contribution in [3.63, 3.8) is 0 Å². The third kappa shape index (κ3) is 4.19. The number of nitrogens with zero attached hydrogens (tertiary/aromatic N) is 2. The lowest BCUT2D eigenvalue weighted by molar-refractivity contribution is 0.477. The molecule has 2 aromatic rings. The lowest BCUT2D eigenvalue weighted by Gasteiger charge is -2.23. The molecule has 0 fully saturated rings. The Morgan fingerprint density at radius 2 is 1.43 bits per heavy atom. The van der Waals surface area contributed by atoms with Gasteiger partial charge in [0.2, 0.25) is 0 Å². The summed E-state index contributed by atoms with van der Waals surface area (Å²) in [6, 6.07) is 17.5. The second-order valence-electron chi connectivity index (χ2n) is 8.44. The summed E-state index contributed by atoms with van der Waals surface area (Å²) < 4.78 is 0. The molecule has 3 heteroatoms. The van der Waals surface area contributed by atoms with E-state index in [4.69, 9.17) is 9.98 Å². The van der Waals surface area contributed by atoms with Crippen molar-refractivity contribution in [2.45, 2.75) is 65.5 Å². The highest BCUT2D eigenvalue weighted by atomic mass is 15.2. The van der Waals surface area contributed by atoms with Crippen molar-refractivity contribution in [2.75, 3.05) is 6.54 Å². The van der Waals surface area contributed by atoms with Crippen LogP contribution in [-0.2, 0) is 5.66 Å². The van der Waals surface area contributed by atoms with Gasteiger partial charge in [-0.25, -0.2) is 4.99 Å². The molecule has 1 N–H and O–H groups in total. The van der Waals surface area contributed by atoms with Gasteiger partial charge in [0, 0.05) is 12.1 Å². The number of hydrogen-bond acceptors (Lipinski definition) is 2. The quantitative estimate of drug-likeness (QED) is 0.660. The smallest absolute Gasteiger partial charge is 0.154 e. The minimum atomic E-state index is -0.492. The molecule has 3 nitrogen and oxygen atoms in total. The molecule has 0 aliphatic carbocycles. The highest BCUT2D eigenvalue weighted by Crippen LogP contribution is 2.30. The zero-order valence-electron chi connectivity index (χ0n) is 18.1. The van der Waals surface area contributed by atoms with Crippen molar-refractivity contribution < 1.29 is 0 Å². The van der Waals surface area contributed by atoms with E-state index in [-0.39, 0.29) is 0 Å². The van der Waals surface area contributed by atoms with Gasteiger partial charge in [-0.3, -0.25) is 4.99 Å². The van der Waals surface area contributed by atoms with Gasteiger partial charge in [0.25, 0.3) is 0 Å². The van der Waals surface area contributed by atoms with Crippen molar-refractivity contribution in [3.05, 3.63) is 70.8 Å².